The standard InChI is InChI=1S/C21H20N6O5S/c1-2-31-21(28)32-13-12-26(11-3-10-22)16-6-4-15(5-7-16)24-25-20-23-18-9-8-17(27(29)30)14-19(18)33-20/h4-9,14H,2-3,11-13H2,1H3. The summed E-state index contributed by atoms with van der Waals surface area (Å²) >= 11 is 1.21. The molecule has 0 saturated carbocycles. The summed E-state index contributed by atoms with van der Waals surface area (Å²) in [5.41, 5.74) is 2.04. The summed E-state index contributed by atoms with van der Waals surface area (Å²) in [7, 11) is 0. The number of ether oxygens (including phenoxy) is 2. The normalized spacial score (nSPS) is 10.8. The van der Waals surface area contributed by atoms with Crippen LogP contribution in [0.25, 0.3) is 10.2 Å². The van der Waals surface area contributed by atoms with Gasteiger partial charge in [0.1, 0.15) is 6.61 Å². The van der Waals surface area contributed by atoms with E-state index >= 15 is 0 Å². The molecule has 0 spiro atoms. The van der Waals surface area contributed by atoms with Crippen LogP contribution in [0, 0.1) is 21.4 Å². The van der Waals surface area contributed by atoms with Crippen molar-refractivity contribution in [3.63, 3.8) is 0 Å². The third kappa shape index (κ3) is 6.68. The number of rotatable bonds is 10. The molecule has 170 valence electrons. The number of carbonyl (C=O) groups is 1. The summed E-state index contributed by atoms with van der Waals surface area (Å²) in [4.78, 5) is 28.0. The van der Waals surface area contributed by atoms with Gasteiger partial charge in [0.2, 0.25) is 5.13 Å². The van der Waals surface area contributed by atoms with E-state index in [-0.39, 0.29) is 18.9 Å². The monoisotopic (exact) mass is 468 g/mol. The van der Waals surface area contributed by atoms with Crippen LogP contribution in [0.15, 0.2) is 52.7 Å². The first-order valence-electron chi connectivity index (χ1n) is 9.98. The Kier molecular flexibility index (Phi) is 8.20. The van der Waals surface area contributed by atoms with E-state index in [0.29, 0.717) is 40.5 Å². The molecule has 0 aliphatic heterocycles. The zero-order valence-electron chi connectivity index (χ0n) is 17.7. The number of nitro benzene ring substituents is 1. The number of hydrogen-bond acceptors (Lipinski definition) is 11. The summed E-state index contributed by atoms with van der Waals surface area (Å²) in [5, 5.41) is 28.5. The van der Waals surface area contributed by atoms with Crippen LogP contribution in [0.2, 0.25) is 0 Å². The summed E-state index contributed by atoms with van der Waals surface area (Å²) in [6.07, 6.45) is -0.408. The molecule has 0 fully saturated rings. The molecule has 0 saturated heterocycles. The van der Waals surface area contributed by atoms with Crippen molar-refractivity contribution >= 4 is 49.9 Å². The Labute approximate surface area is 193 Å². The van der Waals surface area contributed by atoms with Gasteiger partial charge in [-0.1, -0.05) is 11.3 Å². The fourth-order valence-electron chi connectivity index (χ4n) is 2.84. The molecule has 0 unspecified atom stereocenters. The first kappa shape index (κ1) is 23.6. The third-order valence-corrected chi connectivity index (χ3v) is 5.28. The van der Waals surface area contributed by atoms with Crippen LogP contribution in [0.1, 0.15) is 13.3 Å². The van der Waals surface area contributed by atoms with Gasteiger partial charge in [0.25, 0.3) is 5.69 Å². The van der Waals surface area contributed by atoms with Crippen molar-refractivity contribution in [2.45, 2.75) is 13.3 Å². The second-order valence-corrected chi connectivity index (χ2v) is 7.56. The fourth-order valence-corrected chi connectivity index (χ4v) is 3.66. The number of nitro groups is 1. The van der Waals surface area contributed by atoms with E-state index in [0.717, 1.165) is 5.69 Å². The molecule has 33 heavy (non-hydrogen) atoms. The lowest BCUT2D eigenvalue weighted by atomic mass is 10.2. The van der Waals surface area contributed by atoms with E-state index in [9.17, 15) is 14.9 Å². The van der Waals surface area contributed by atoms with Crippen LogP contribution in [0.5, 0.6) is 0 Å². The van der Waals surface area contributed by atoms with E-state index in [1.807, 2.05) is 17.0 Å². The molecule has 0 amide bonds. The van der Waals surface area contributed by atoms with E-state index in [2.05, 4.69) is 21.3 Å². The number of aromatic nitrogens is 1. The molecular formula is C21H20N6O5S. The van der Waals surface area contributed by atoms with Gasteiger partial charge in [0, 0.05) is 24.4 Å². The summed E-state index contributed by atoms with van der Waals surface area (Å²) < 4.78 is 10.4. The van der Waals surface area contributed by atoms with Gasteiger partial charge in [-0.2, -0.15) is 5.26 Å². The zero-order valence-corrected chi connectivity index (χ0v) is 18.5. The maximum absolute atomic E-state index is 11.3. The van der Waals surface area contributed by atoms with Gasteiger partial charge in [-0.15, -0.1) is 10.2 Å². The Balaban J connectivity index is 1.66. The van der Waals surface area contributed by atoms with Gasteiger partial charge in [0.15, 0.2) is 0 Å². The smallest absolute Gasteiger partial charge is 0.435 e. The fraction of sp³-hybridized carbons (Fsp3) is 0.286. The van der Waals surface area contributed by atoms with Crippen molar-refractivity contribution in [1.82, 2.24) is 4.98 Å². The van der Waals surface area contributed by atoms with Gasteiger partial charge >= 0.3 is 6.16 Å². The lowest BCUT2D eigenvalue weighted by Crippen LogP contribution is -2.29. The minimum atomic E-state index is -0.724. The zero-order chi connectivity index (χ0) is 23.6. The molecule has 3 aromatic rings. The largest absolute Gasteiger partial charge is 0.508 e. The molecule has 0 bridgehead atoms. The highest BCUT2D eigenvalue weighted by Crippen LogP contribution is 2.32. The predicted molar refractivity (Wildman–Crippen MR) is 122 cm³/mol. The highest BCUT2D eigenvalue weighted by Gasteiger charge is 2.11. The van der Waals surface area contributed by atoms with Gasteiger partial charge in [-0.3, -0.25) is 10.1 Å². The molecule has 0 aliphatic carbocycles. The van der Waals surface area contributed by atoms with Crippen molar-refractivity contribution in [1.29, 1.82) is 5.26 Å². The van der Waals surface area contributed by atoms with E-state index in [1.54, 1.807) is 25.1 Å². The molecular weight excluding hydrogens is 448 g/mol. The Morgan fingerprint density at radius 3 is 2.70 bits per heavy atom. The molecule has 3 rings (SSSR count). The number of anilines is 1. The Morgan fingerprint density at radius 1 is 1.21 bits per heavy atom. The van der Waals surface area contributed by atoms with Crippen molar-refractivity contribution in [2.75, 3.05) is 31.2 Å². The second kappa shape index (κ2) is 11.5. The van der Waals surface area contributed by atoms with Gasteiger partial charge in [-0.25, -0.2) is 9.78 Å². The summed E-state index contributed by atoms with van der Waals surface area (Å²) in [6, 6.07) is 13.7. The Morgan fingerprint density at radius 2 is 2.00 bits per heavy atom. The number of thiazole rings is 1. The second-order valence-electron chi connectivity index (χ2n) is 6.55. The van der Waals surface area contributed by atoms with E-state index < -0.39 is 11.1 Å². The highest BCUT2D eigenvalue weighted by atomic mass is 32.1. The lowest BCUT2D eigenvalue weighted by Gasteiger charge is -2.23. The summed E-state index contributed by atoms with van der Waals surface area (Å²) in [5.74, 6) is 0. The van der Waals surface area contributed by atoms with E-state index in [4.69, 9.17) is 14.7 Å². The summed E-state index contributed by atoms with van der Waals surface area (Å²) in [6.45, 7) is 2.94. The van der Waals surface area contributed by atoms with Gasteiger partial charge < -0.3 is 14.4 Å². The van der Waals surface area contributed by atoms with Gasteiger partial charge in [0.05, 0.1) is 46.5 Å². The van der Waals surface area contributed by atoms with Crippen LogP contribution >= 0.6 is 11.3 Å². The molecule has 0 N–H and O–H groups in total. The number of nitriles is 1. The lowest BCUT2D eigenvalue weighted by molar-refractivity contribution is -0.384. The van der Waals surface area contributed by atoms with Crippen LogP contribution in [-0.2, 0) is 9.47 Å². The molecule has 0 aliphatic rings. The number of hydrogen-bond donors (Lipinski definition) is 0. The minimum Gasteiger partial charge on any atom is -0.435 e. The maximum atomic E-state index is 11.3. The SMILES string of the molecule is CCOC(=O)OCCN(CCC#N)c1ccc(N=Nc2nc3ccc([N+](=O)[O-])cc3s2)cc1. The molecule has 1 aromatic heterocycles. The highest BCUT2D eigenvalue weighted by molar-refractivity contribution is 7.21. The van der Waals surface area contributed by atoms with Crippen molar-refractivity contribution < 1.29 is 19.2 Å². The van der Waals surface area contributed by atoms with E-state index in [1.165, 1.54) is 23.5 Å². The number of fused-ring (bicyclic) bond motifs is 1. The van der Waals surface area contributed by atoms with Gasteiger partial charge in [-0.05, 0) is 37.3 Å². The number of nitrogens with zero attached hydrogens (tertiary/aromatic N) is 6. The molecule has 0 atom stereocenters. The Bertz CT molecular complexity index is 1190. The average Bonchev–Trinajstić information content (AvgIpc) is 3.22. The number of non-ortho nitro benzene ring substituents is 1. The van der Waals surface area contributed by atoms with Crippen LogP contribution in [-0.4, -0.2) is 42.4 Å². The first-order chi connectivity index (χ1) is 16.0. The van der Waals surface area contributed by atoms with Crippen LogP contribution in [0.3, 0.4) is 0 Å². The molecule has 1 heterocycles. The quantitative estimate of drug-likeness (QED) is 0.164. The minimum absolute atomic E-state index is 0.00108. The molecule has 11 nitrogen and oxygen atoms in total. The topological polar surface area (TPSA) is 143 Å². The van der Waals surface area contributed by atoms with Crippen LogP contribution in [0.4, 0.5) is 27.0 Å². The van der Waals surface area contributed by atoms with Crippen molar-refractivity contribution in [2.24, 2.45) is 10.2 Å². The third-order valence-electron chi connectivity index (χ3n) is 4.37. The predicted octanol–water partition coefficient (Wildman–Crippen LogP) is 5.51. The Hall–Kier alpha value is -4.11. The number of carbonyl (C=O) groups excluding carboxylic acids is 1. The average molecular weight is 468 g/mol. The first-order valence-corrected chi connectivity index (χ1v) is 10.8. The van der Waals surface area contributed by atoms with Crippen molar-refractivity contribution in [3.05, 3.63) is 52.6 Å². The van der Waals surface area contributed by atoms with Crippen LogP contribution < -0.4 is 4.90 Å². The molecule has 2 aromatic carbocycles. The number of azo groups is 1. The van der Waals surface area contributed by atoms with Crippen molar-refractivity contribution in [3.8, 4) is 6.07 Å². The molecule has 12 heteroatoms. The number of benzene rings is 2. The maximum Gasteiger partial charge on any atom is 0.508 e. The molecule has 0 radical (unpaired) electrons.